The number of nitrogens with one attached hydrogen (secondary N) is 1. The second-order valence-electron chi connectivity index (χ2n) is 4.83. The molecule has 5 nitrogen and oxygen atoms in total. The number of hydrogen-bond acceptors (Lipinski definition) is 4. The van der Waals surface area contributed by atoms with Crippen molar-refractivity contribution in [3.63, 3.8) is 0 Å². The van der Waals surface area contributed by atoms with Crippen LogP contribution in [0.5, 0.6) is 5.75 Å². The summed E-state index contributed by atoms with van der Waals surface area (Å²) in [5.74, 6) is 1.95. The van der Waals surface area contributed by atoms with Crippen molar-refractivity contribution in [3.05, 3.63) is 6.20 Å². The molecule has 5 heteroatoms. The third-order valence-corrected chi connectivity index (χ3v) is 3.55. The first-order chi connectivity index (χ1) is 7.75. The Labute approximate surface area is 95.4 Å². The molecule has 0 radical (unpaired) electrons. The van der Waals surface area contributed by atoms with Gasteiger partial charge in [0.05, 0.1) is 12.2 Å². The molecule has 0 aromatic carbocycles. The van der Waals surface area contributed by atoms with Crippen molar-refractivity contribution < 1.29 is 4.74 Å². The minimum Gasteiger partial charge on any atom is -0.486 e. The normalized spacial score (nSPS) is 25.2. The molecule has 1 aromatic heterocycles. The van der Waals surface area contributed by atoms with Crippen molar-refractivity contribution in [2.24, 2.45) is 0 Å². The zero-order chi connectivity index (χ0) is 11.1. The predicted molar refractivity (Wildman–Crippen MR) is 61.9 cm³/mol. The Bertz CT molecular complexity index is 376. The number of anilines is 1. The van der Waals surface area contributed by atoms with E-state index in [1.54, 1.807) is 6.20 Å². The van der Waals surface area contributed by atoms with Crippen LogP contribution in [-0.2, 0) is 0 Å². The standard InChI is InChI=1S/C11H18N4O/c1-8(2)14-3-4-15-9(6-14)7-16-10-5-12-13-11(10)15/h5,8-9H,3-4,6-7H2,1-2H3,(H,12,13)/t9-/m1/s1. The van der Waals surface area contributed by atoms with E-state index in [1.165, 1.54) is 0 Å². The van der Waals surface area contributed by atoms with Gasteiger partial charge in [0.25, 0.3) is 0 Å². The van der Waals surface area contributed by atoms with E-state index in [0.29, 0.717) is 12.1 Å². The van der Waals surface area contributed by atoms with Crippen molar-refractivity contribution >= 4 is 5.82 Å². The Morgan fingerprint density at radius 3 is 3.19 bits per heavy atom. The number of aromatic amines is 1. The fourth-order valence-corrected chi connectivity index (χ4v) is 2.55. The van der Waals surface area contributed by atoms with Gasteiger partial charge in [-0.15, -0.1) is 0 Å². The van der Waals surface area contributed by atoms with Crippen molar-refractivity contribution in [1.29, 1.82) is 0 Å². The van der Waals surface area contributed by atoms with Crippen LogP contribution in [0.1, 0.15) is 13.8 Å². The average molecular weight is 222 g/mol. The minimum absolute atomic E-state index is 0.462. The molecule has 0 bridgehead atoms. The SMILES string of the molecule is CC(C)N1CCN2c3[nH]ncc3OC[C@H]2C1. The van der Waals surface area contributed by atoms with Crippen LogP contribution in [0.25, 0.3) is 0 Å². The maximum atomic E-state index is 5.70. The molecule has 1 fully saturated rings. The Morgan fingerprint density at radius 1 is 1.50 bits per heavy atom. The van der Waals surface area contributed by atoms with E-state index >= 15 is 0 Å². The van der Waals surface area contributed by atoms with E-state index in [0.717, 1.165) is 37.8 Å². The molecule has 1 atom stereocenters. The molecule has 0 spiro atoms. The summed E-state index contributed by atoms with van der Waals surface area (Å²) in [5.41, 5.74) is 0. The highest BCUT2D eigenvalue weighted by atomic mass is 16.5. The Morgan fingerprint density at radius 2 is 2.38 bits per heavy atom. The van der Waals surface area contributed by atoms with E-state index in [4.69, 9.17) is 4.74 Å². The topological polar surface area (TPSA) is 44.4 Å². The van der Waals surface area contributed by atoms with Gasteiger partial charge >= 0.3 is 0 Å². The summed E-state index contributed by atoms with van der Waals surface area (Å²) in [6.07, 6.45) is 1.76. The maximum absolute atomic E-state index is 5.70. The lowest BCUT2D eigenvalue weighted by Gasteiger charge is -2.45. The minimum atomic E-state index is 0.462. The van der Waals surface area contributed by atoms with E-state index < -0.39 is 0 Å². The van der Waals surface area contributed by atoms with Crippen LogP contribution in [0.2, 0.25) is 0 Å². The van der Waals surface area contributed by atoms with Crippen LogP contribution in [-0.4, -0.2) is 53.4 Å². The lowest BCUT2D eigenvalue weighted by Crippen LogP contribution is -2.58. The second-order valence-corrected chi connectivity index (χ2v) is 4.83. The number of hydrogen-bond donors (Lipinski definition) is 1. The van der Waals surface area contributed by atoms with Gasteiger partial charge in [0.15, 0.2) is 11.6 Å². The number of piperazine rings is 1. The highest BCUT2D eigenvalue weighted by molar-refractivity contribution is 5.54. The number of H-pyrrole nitrogens is 1. The zero-order valence-electron chi connectivity index (χ0n) is 9.81. The molecular formula is C11H18N4O. The monoisotopic (exact) mass is 222 g/mol. The molecule has 0 amide bonds. The molecule has 88 valence electrons. The van der Waals surface area contributed by atoms with Gasteiger partial charge in [0.1, 0.15) is 6.61 Å². The van der Waals surface area contributed by atoms with Crippen LogP contribution in [0, 0.1) is 0 Å². The Balaban J connectivity index is 1.80. The van der Waals surface area contributed by atoms with Gasteiger partial charge in [-0.1, -0.05) is 0 Å². The number of ether oxygens (including phenoxy) is 1. The molecular weight excluding hydrogens is 204 g/mol. The van der Waals surface area contributed by atoms with E-state index in [1.807, 2.05) is 0 Å². The molecule has 3 rings (SSSR count). The maximum Gasteiger partial charge on any atom is 0.181 e. The summed E-state index contributed by atoms with van der Waals surface area (Å²) in [7, 11) is 0. The van der Waals surface area contributed by atoms with Gasteiger partial charge in [-0.3, -0.25) is 10.00 Å². The van der Waals surface area contributed by atoms with Gasteiger partial charge in [0.2, 0.25) is 0 Å². The van der Waals surface area contributed by atoms with Crippen LogP contribution in [0.4, 0.5) is 5.82 Å². The smallest absolute Gasteiger partial charge is 0.181 e. The van der Waals surface area contributed by atoms with Crippen LogP contribution in [0.3, 0.4) is 0 Å². The van der Waals surface area contributed by atoms with Crippen molar-refractivity contribution in [2.45, 2.75) is 25.9 Å². The molecule has 2 aliphatic heterocycles. The lowest BCUT2D eigenvalue weighted by molar-refractivity contribution is 0.141. The van der Waals surface area contributed by atoms with Gasteiger partial charge in [-0.2, -0.15) is 5.10 Å². The van der Waals surface area contributed by atoms with E-state index in [2.05, 4.69) is 33.8 Å². The summed E-state index contributed by atoms with van der Waals surface area (Å²) >= 11 is 0. The average Bonchev–Trinajstić information content (AvgIpc) is 2.76. The molecule has 0 unspecified atom stereocenters. The molecule has 2 aliphatic rings. The number of rotatable bonds is 1. The third-order valence-electron chi connectivity index (χ3n) is 3.55. The quantitative estimate of drug-likeness (QED) is 0.759. The highest BCUT2D eigenvalue weighted by Gasteiger charge is 2.34. The van der Waals surface area contributed by atoms with Crippen molar-refractivity contribution in [3.8, 4) is 5.75 Å². The first-order valence-corrected chi connectivity index (χ1v) is 5.92. The fourth-order valence-electron chi connectivity index (χ4n) is 2.55. The number of nitrogens with zero attached hydrogens (tertiary/aromatic N) is 3. The third kappa shape index (κ3) is 1.46. The van der Waals surface area contributed by atoms with Crippen molar-refractivity contribution in [2.75, 3.05) is 31.1 Å². The highest BCUT2D eigenvalue weighted by Crippen LogP contribution is 2.32. The molecule has 3 heterocycles. The molecule has 16 heavy (non-hydrogen) atoms. The first kappa shape index (κ1) is 9.96. The van der Waals surface area contributed by atoms with Crippen LogP contribution < -0.4 is 9.64 Å². The summed E-state index contributed by atoms with van der Waals surface area (Å²) < 4.78 is 5.70. The number of aromatic nitrogens is 2. The first-order valence-electron chi connectivity index (χ1n) is 5.92. The van der Waals surface area contributed by atoms with Gasteiger partial charge in [-0.05, 0) is 13.8 Å². The lowest BCUT2D eigenvalue weighted by atomic mass is 10.1. The second kappa shape index (κ2) is 3.66. The molecule has 1 aromatic rings. The molecule has 0 aliphatic carbocycles. The van der Waals surface area contributed by atoms with Crippen LogP contribution >= 0.6 is 0 Å². The van der Waals surface area contributed by atoms with Gasteiger partial charge < -0.3 is 9.64 Å². The molecule has 1 saturated heterocycles. The molecule has 0 saturated carbocycles. The van der Waals surface area contributed by atoms with E-state index in [-0.39, 0.29) is 0 Å². The molecule has 1 N–H and O–H groups in total. The predicted octanol–water partition coefficient (Wildman–Crippen LogP) is 0.701. The fraction of sp³-hybridized carbons (Fsp3) is 0.727. The zero-order valence-corrected chi connectivity index (χ0v) is 9.81. The Hall–Kier alpha value is -1.23. The summed E-state index contributed by atoms with van der Waals surface area (Å²) in [6, 6.07) is 1.08. The Kier molecular flexibility index (Phi) is 2.28. The van der Waals surface area contributed by atoms with Crippen molar-refractivity contribution in [1.82, 2.24) is 15.1 Å². The summed E-state index contributed by atoms with van der Waals surface area (Å²) in [6.45, 7) is 8.53. The summed E-state index contributed by atoms with van der Waals surface area (Å²) in [4.78, 5) is 4.90. The number of fused-ring (bicyclic) bond motifs is 3. The van der Waals surface area contributed by atoms with E-state index in [9.17, 15) is 0 Å². The summed E-state index contributed by atoms with van der Waals surface area (Å²) in [5, 5.41) is 7.08. The van der Waals surface area contributed by atoms with Crippen LogP contribution in [0.15, 0.2) is 6.20 Å². The largest absolute Gasteiger partial charge is 0.486 e. The van der Waals surface area contributed by atoms with Gasteiger partial charge in [-0.25, -0.2) is 0 Å². The van der Waals surface area contributed by atoms with Gasteiger partial charge in [0, 0.05) is 25.7 Å².